The molecule has 0 aromatic heterocycles. The fraction of sp³-hybridized carbons (Fsp3) is 0.250. The SMILES string of the molecule is CNC(=O)/C(=C/c1ccc(OC)cc1)c1cc(OC)c(OC)c(OC)c1. The number of ether oxygens (including phenoxy) is 4. The van der Waals surface area contributed by atoms with Gasteiger partial charge in [0.15, 0.2) is 11.5 Å². The molecule has 2 rings (SSSR count). The van der Waals surface area contributed by atoms with Gasteiger partial charge in [0.2, 0.25) is 5.75 Å². The van der Waals surface area contributed by atoms with E-state index in [0.717, 1.165) is 11.3 Å². The second kappa shape index (κ2) is 8.80. The Labute approximate surface area is 153 Å². The Bertz CT molecular complexity index is 771. The van der Waals surface area contributed by atoms with E-state index in [4.69, 9.17) is 18.9 Å². The number of carbonyl (C=O) groups is 1. The fourth-order valence-corrected chi connectivity index (χ4v) is 2.52. The van der Waals surface area contributed by atoms with Crippen LogP contribution < -0.4 is 24.3 Å². The van der Waals surface area contributed by atoms with Gasteiger partial charge in [-0.05, 0) is 41.5 Å². The van der Waals surface area contributed by atoms with Gasteiger partial charge in [0.1, 0.15) is 5.75 Å². The van der Waals surface area contributed by atoms with E-state index < -0.39 is 0 Å². The van der Waals surface area contributed by atoms with Crippen LogP contribution in [0.1, 0.15) is 11.1 Å². The highest BCUT2D eigenvalue weighted by Gasteiger charge is 2.18. The van der Waals surface area contributed by atoms with Crippen LogP contribution in [-0.2, 0) is 4.79 Å². The van der Waals surface area contributed by atoms with Crippen molar-refractivity contribution in [3.05, 3.63) is 47.5 Å². The molecule has 0 aliphatic heterocycles. The number of carbonyl (C=O) groups excluding carboxylic acids is 1. The number of methoxy groups -OCH3 is 4. The lowest BCUT2D eigenvalue weighted by atomic mass is 10.0. The van der Waals surface area contributed by atoms with Crippen LogP contribution in [0.2, 0.25) is 0 Å². The summed E-state index contributed by atoms with van der Waals surface area (Å²) in [5.41, 5.74) is 1.98. The second-order valence-electron chi connectivity index (χ2n) is 5.32. The van der Waals surface area contributed by atoms with Gasteiger partial charge in [-0.2, -0.15) is 0 Å². The summed E-state index contributed by atoms with van der Waals surface area (Å²) in [6, 6.07) is 10.9. The van der Waals surface area contributed by atoms with Crippen molar-refractivity contribution in [2.75, 3.05) is 35.5 Å². The molecule has 0 heterocycles. The molecule has 1 N–H and O–H groups in total. The molecule has 0 atom stereocenters. The first-order valence-corrected chi connectivity index (χ1v) is 7.96. The van der Waals surface area contributed by atoms with Crippen LogP contribution >= 0.6 is 0 Å². The Kier molecular flexibility index (Phi) is 6.49. The van der Waals surface area contributed by atoms with Crippen molar-refractivity contribution in [2.45, 2.75) is 0 Å². The van der Waals surface area contributed by atoms with Crippen molar-refractivity contribution < 1.29 is 23.7 Å². The van der Waals surface area contributed by atoms with Crippen molar-refractivity contribution >= 4 is 17.6 Å². The molecule has 0 aliphatic carbocycles. The van der Waals surface area contributed by atoms with Gasteiger partial charge >= 0.3 is 0 Å². The van der Waals surface area contributed by atoms with Crippen molar-refractivity contribution in [1.82, 2.24) is 5.32 Å². The molecule has 0 radical (unpaired) electrons. The molecule has 2 aromatic carbocycles. The third-order valence-electron chi connectivity index (χ3n) is 3.87. The minimum atomic E-state index is -0.227. The molecule has 0 saturated heterocycles. The zero-order valence-corrected chi connectivity index (χ0v) is 15.6. The van der Waals surface area contributed by atoms with Crippen molar-refractivity contribution in [3.8, 4) is 23.0 Å². The molecule has 0 unspecified atom stereocenters. The molecule has 6 nitrogen and oxygen atoms in total. The molecule has 26 heavy (non-hydrogen) atoms. The van der Waals surface area contributed by atoms with Crippen LogP contribution in [0.3, 0.4) is 0 Å². The van der Waals surface area contributed by atoms with Gasteiger partial charge in [-0.15, -0.1) is 0 Å². The standard InChI is InChI=1S/C20H23NO5/c1-21-20(22)16(10-13-6-8-15(23-2)9-7-13)14-11-17(24-3)19(26-5)18(12-14)25-4/h6-12H,1-5H3,(H,21,22)/b16-10+. The van der Waals surface area contributed by atoms with E-state index in [0.29, 0.717) is 28.4 Å². The van der Waals surface area contributed by atoms with Crippen LogP contribution in [0.25, 0.3) is 11.6 Å². The van der Waals surface area contributed by atoms with Crippen molar-refractivity contribution in [1.29, 1.82) is 0 Å². The van der Waals surface area contributed by atoms with Crippen molar-refractivity contribution in [2.24, 2.45) is 0 Å². The van der Waals surface area contributed by atoms with E-state index in [9.17, 15) is 4.79 Å². The van der Waals surface area contributed by atoms with Gasteiger partial charge in [-0.25, -0.2) is 0 Å². The first-order chi connectivity index (χ1) is 12.6. The highest BCUT2D eigenvalue weighted by molar-refractivity contribution is 6.24. The van der Waals surface area contributed by atoms with Gasteiger partial charge < -0.3 is 24.3 Å². The first-order valence-electron chi connectivity index (χ1n) is 7.96. The number of benzene rings is 2. The Morgan fingerprint density at radius 3 is 1.88 bits per heavy atom. The van der Waals surface area contributed by atoms with E-state index >= 15 is 0 Å². The number of amides is 1. The Hall–Kier alpha value is -3.15. The third-order valence-corrected chi connectivity index (χ3v) is 3.87. The highest BCUT2D eigenvalue weighted by atomic mass is 16.5. The van der Waals surface area contributed by atoms with E-state index in [1.807, 2.05) is 24.3 Å². The van der Waals surface area contributed by atoms with E-state index in [2.05, 4.69) is 5.32 Å². The lowest BCUT2D eigenvalue weighted by molar-refractivity contribution is -0.115. The summed E-state index contributed by atoms with van der Waals surface area (Å²) >= 11 is 0. The van der Waals surface area contributed by atoms with Crippen LogP contribution in [-0.4, -0.2) is 41.4 Å². The van der Waals surface area contributed by atoms with Gasteiger partial charge in [-0.1, -0.05) is 12.1 Å². The molecule has 6 heteroatoms. The molecule has 2 aromatic rings. The maximum Gasteiger partial charge on any atom is 0.251 e. The Morgan fingerprint density at radius 2 is 1.46 bits per heavy atom. The Morgan fingerprint density at radius 1 is 0.885 bits per heavy atom. The normalized spacial score (nSPS) is 10.9. The number of hydrogen-bond acceptors (Lipinski definition) is 5. The summed E-state index contributed by atoms with van der Waals surface area (Å²) in [5.74, 6) is 1.95. The Balaban J connectivity index is 2.59. The summed E-state index contributed by atoms with van der Waals surface area (Å²) in [7, 11) is 7.80. The van der Waals surface area contributed by atoms with Crippen LogP contribution in [0, 0.1) is 0 Å². The van der Waals surface area contributed by atoms with Gasteiger partial charge in [-0.3, -0.25) is 4.79 Å². The number of likely N-dealkylation sites (N-methyl/N-ethyl adjacent to an activating group) is 1. The number of rotatable bonds is 7. The molecule has 138 valence electrons. The summed E-state index contributed by atoms with van der Waals surface area (Å²) in [6.45, 7) is 0. The van der Waals surface area contributed by atoms with E-state index in [-0.39, 0.29) is 5.91 Å². The topological polar surface area (TPSA) is 66.0 Å². The van der Waals surface area contributed by atoms with Gasteiger partial charge in [0.05, 0.1) is 28.4 Å². The monoisotopic (exact) mass is 357 g/mol. The molecule has 0 saturated carbocycles. The molecule has 0 spiro atoms. The van der Waals surface area contributed by atoms with Crippen LogP contribution in [0.5, 0.6) is 23.0 Å². The summed E-state index contributed by atoms with van der Waals surface area (Å²) < 4.78 is 21.3. The molecule has 0 fully saturated rings. The smallest absolute Gasteiger partial charge is 0.251 e. The van der Waals surface area contributed by atoms with Gasteiger partial charge in [0, 0.05) is 12.6 Å². The van der Waals surface area contributed by atoms with Gasteiger partial charge in [0.25, 0.3) is 5.91 Å². The lowest BCUT2D eigenvalue weighted by Crippen LogP contribution is -2.19. The first kappa shape index (κ1) is 19.2. The maximum atomic E-state index is 12.5. The zero-order valence-electron chi connectivity index (χ0n) is 15.6. The van der Waals surface area contributed by atoms with Crippen LogP contribution in [0.4, 0.5) is 0 Å². The lowest BCUT2D eigenvalue weighted by Gasteiger charge is -2.15. The summed E-state index contributed by atoms with van der Waals surface area (Å²) in [6.07, 6.45) is 1.79. The number of nitrogens with one attached hydrogen (secondary N) is 1. The summed E-state index contributed by atoms with van der Waals surface area (Å²) in [4.78, 5) is 12.5. The largest absolute Gasteiger partial charge is 0.497 e. The second-order valence-corrected chi connectivity index (χ2v) is 5.32. The van der Waals surface area contributed by atoms with Crippen LogP contribution in [0.15, 0.2) is 36.4 Å². The molecule has 0 aliphatic rings. The molecular weight excluding hydrogens is 334 g/mol. The average molecular weight is 357 g/mol. The zero-order chi connectivity index (χ0) is 19.1. The van der Waals surface area contributed by atoms with Crippen molar-refractivity contribution in [3.63, 3.8) is 0 Å². The quantitative estimate of drug-likeness (QED) is 0.609. The maximum absolute atomic E-state index is 12.5. The summed E-state index contributed by atoms with van der Waals surface area (Å²) in [5, 5.41) is 2.67. The number of hydrogen-bond donors (Lipinski definition) is 1. The van der Waals surface area contributed by atoms with E-state index in [1.54, 1.807) is 32.4 Å². The third kappa shape index (κ3) is 4.08. The molecule has 0 bridgehead atoms. The highest BCUT2D eigenvalue weighted by Crippen LogP contribution is 2.40. The minimum Gasteiger partial charge on any atom is -0.497 e. The fourth-order valence-electron chi connectivity index (χ4n) is 2.52. The minimum absolute atomic E-state index is 0.227. The molecular formula is C20H23NO5. The average Bonchev–Trinajstić information content (AvgIpc) is 2.70. The predicted octanol–water partition coefficient (Wildman–Crippen LogP) is 3.01. The molecule has 1 amide bonds. The van der Waals surface area contributed by atoms with E-state index in [1.165, 1.54) is 21.3 Å². The predicted molar refractivity (Wildman–Crippen MR) is 101 cm³/mol.